The van der Waals surface area contributed by atoms with Crippen molar-refractivity contribution in [1.82, 2.24) is 5.32 Å². The van der Waals surface area contributed by atoms with Gasteiger partial charge in [-0.2, -0.15) is 0 Å². The second-order valence-corrected chi connectivity index (χ2v) is 7.39. The van der Waals surface area contributed by atoms with Gasteiger partial charge in [-0.05, 0) is 48.2 Å². The summed E-state index contributed by atoms with van der Waals surface area (Å²) >= 11 is 6.06. The first-order chi connectivity index (χ1) is 12.1. The SMILES string of the molecule is O=C(O)c1cccc(CNCC2(c3ccc(Cl)cc3)CCCCC2)c1. The van der Waals surface area contributed by atoms with E-state index < -0.39 is 5.97 Å². The molecule has 2 N–H and O–H groups in total. The van der Waals surface area contributed by atoms with Gasteiger partial charge in [0.05, 0.1) is 5.56 Å². The molecule has 0 saturated heterocycles. The Kier molecular flexibility index (Phi) is 5.77. The van der Waals surface area contributed by atoms with Gasteiger partial charge >= 0.3 is 5.97 Å². The standard InChI is InChI=1S/C21H24ClNO2/c22-19-9-7-18(8-10-19)21(11-2-1-3-12-21)15-23-14-16-5-4-6-17(13-16)20(24)25/h4-10,13,23H,1-3,11-12,14-15H2,(H,24,25). The van der Waals surface area contributed by atoms with Crippen LogP contribution in [0, 0.1) is 0 Å². The Morgan fingerprint density at radius 3 is 2.48 bits per heavy atom. The molecule has 1 saturated carbocycles. The van der Waals surface area contributed by atoms with Crippen LogP contribution < -0.4 is 5.32 Å². The summed E-state index contributed by atoms with van der Waals surface area (Å²) in [4.78, 5) is 11.1. The molecule has 0 unspecified atom stereocenters. The van der Waals surface area contributed by atoms with Crippen molar-refractivity contribution in [3.05, 3.63) is 70.2 Å². The summed E-state index contributed by atoms with van der Waals surface area (Å²) in [7, 11) is 0. The fraction of sp³-hybridized carbons (Fsp3) is 0.381. The Labute approximate surface area is 154 Å². The van der Waals surface area contributed by atoms with Crippen LogP contribution in [0.3, 0.4) is 0 Å². The summed E-state index contributed by atoms with van der Waals surface area (Å²) in [6.45, 7) is 1.57. The van der Waals surface area contributed by atoms with Crippen LogP contribution in [0.25, 0.3) is 0 Å². The molecule has 0 aliphatic heterocycles. The topological polar surface area (TPSA) is 49.3 Å². The third-order valence-corrected chi connectivity index (χ3v) is 5.49. The van der Waals surface area contributed by atoms with E-state index in [1.54, 1.807) is 18.2 Å². The maximum Gasteiger partial charge on any atom is 0.335 e. The molecule has 0 heterocycles. The number of halogens is 1. The number of benzene rings is 2. The highest BCUT2D eigenvalue weighted by atomic mass is 35.5. The van der Waals surface area contributed by atoms with E-state index in [0.717, 1.165) is 17.1 Å². The van der Waals surface area contributed by atoms with Crippen LogP contribution in [-0.2, 0) is 12.0 Å². The zero-order valence-corrected chi connectivity index (χ0v) is 15.1. The van der Waals surface area contributed by atoms with Crippen LogP contribution in [0.5, 0.6) is 0 Å². The van der Waals surface area contributed by atoms with Crippen molar-refractivity contribution in [3.8, 4) is 0 Å². The lowest BCUT2D eigenvalue weighted by Gasteiger charge is -2.38. The first-order valence-electron chi connectivity index (χ1n) is 8.88. The summed E-state index contributed by atoms with van der Waals surface area (Å²) in [5.74, 6) is -0.883. The lowest BCUT2D eigenvalue weighted by molar-refractivity contribution is 0.0696. The fourth-order valence-electron chi connectivity index (χ4n) is 3.86. The molecule has 0 atom stereocenters. The molecule has 2 aromatic rings. The Hall–Kier alpha value is -1.84. The average Bonchev–Trinajstić information content (AvgIpc) is 2.63. The van der Waals surface area contributed by atoms with Gasteiger partial charge in [-0.3, -0.25) is 0 Å². The molecule has 25 heavy (non-hydrogen) atoms. The number of nitrogens with one attached hydrogen (secondary N) is 1. The number of aromatic carboxylic acids is 1. The van der Waals surface area contributed by atoms with Crippen molar-refractivity contribution in [2.75, 3.05) is 6.54 Å². The molecular formula is C21H24ClNO2. The van der Waals surface area contributed by atoms with Crippen LogP contribution >= 0.6 is 11.6 Å². The summed E-state index contributed by atoms with van der Waals surface area (Å²) in [6.07, 6.45) is 6.15. The van der Waals surface area contributed by atoms with Crippen LogP contribution in [0.15, 0.2) is 48.5 Å². The molecule has 3 rings (SSSR count). The third-order valence-electron chi connectivity index (χ3n) is 5.23. The quantitative estimate of drug-likeness (QED) is 0.762. The summed E-state index contributed by atoms with van der Waals surface area (Å²) in [6, 6.07) is 15.4. The van der Waals surface area contributed by atoms with E-state index in [2.05, 4.69) is 17.4 Å². The molecule has 132 valence electrons. The highest BCUT2D eigenvalue weighted by Crippen LogP contribution is 2.39. The van der Waals surface area contributed by atoms with Crippen molar-refractivity contribution in [1.29, 1.82) is 0 Å². The average molecular weight is 358 g/mol. The molecule has 0 spiro atoms. The zero-order chi connectivity index (χ0) is 17.7. The smallest absolute Gasteiger partial charge is 0.335 e. The van der Waals surface area contributed by atoms with Gasteiger partial charge in [-0.1, -0.05) is 55.1 Å². The minimum absolute atomic E-state index is 0.146. The van der Waals surface area contributed by atoms with Gasteiger partial charge in [0, 0.05) is 23.5 Å². The normalized spacial score (nSPS) is 16.5. The lowest BCUT2D eigenvalue weighted by atomic mass is 9.69. The van der Waals surface area contributed by atoms with Crippen molar-refractivity contribution in [2.24, 2.45) is 0 Å². The number of rotatable bonds is 6. The first-order valence-corrected chi connectivity index (χ1v) is 9.26. The molecule has 1 fully saturated rings. The third kappa shape index (κ3) is 4.42. The summed E-state index contributed by atoms with van der Waals surface area (Å²) < 4.78 is 0. The zero-order valence-electron chi connectivity index (χ0n) is 14.3. The van der Waals surface area contributed by atoms with E-state index in [1.807, 2.05) is 18.2 Å². The number of carbonyl (C=O) groups is 1. The van der Waals surface area contributed by atoms with Crippen LogP contribution in [0.4, 0.5) is 0 Å². The van der Waals surface area contributed by atoms with E-state index in [4.69, 9.17) is 16.7 Å². The fourth-order valence-corrected chi connectivity index (χ4v) is 3.99. The lowest BCUT2D eigenvalue weighted by Crippen LogP contribution is -2.39. The van der Waals surface area contributed by atoms with Gasteiger partial charge in [0.25, 0.3) is 0 Å². The number of hydrogen-bond donors (Lipinski definition) is 2. The molecule has 4 heteroatoms. The number of carboxylic acid groups (broad SMARTS) is 1. The van der Waals surface area contributed by atoms with Crippen molar-refractivity contribution < 1.29 is 9.90 Å². The molecule has 2 aromatic carbocycles. The second-order valence-electron chi connectivity index (χ2n) is 6.96. The van der Waals surface area contributed by atoms with Crippen molar-refractivity contribution in [3.63, 3.8) is 0 Å². The van der Waals surface area contributed by atoms with Gasteiger partial charge in [0.2, 0.25) is 0 Å². The Balaban J connectivity index is 1.70. The molecule has 0 amide bonds. The molecular weight excluding hydrogens is 334 g/mol. The summed E-state index contributed by atoms with van der Waals surface area (Å²) in [5, 5.41) is 13.5. The van der Waals surface area contributed by atoms with Crippen LogP contribution in [0.1, 0.15) is 53.6 Å². The van der Waals surface area contributed by atoms with E-state index >= 15 is 0 Å². The van der Waals surface area contributed by atoms with E-state index in [-0.39, 0.29) is 5.41 Å². The van der Waals surface area contributed by atoms with E-state index in [1.165, 1.54) is 37.7 Å². The van der Waals surface area contributed by atoms with Gasteiger partial charge in [0.1, 0.15) is 0 Å². The Morgan fingerprint density at radius 2 is 1.80 bits per heavy atom. The maximum absolute atomic E-state index is 11.1. The minimum Gasteiger partial charge on any atom is -0.478 e. The van der Waals surface area contributed by atoms with Crippen LogP contribution in [0.2, 0.25) is 5.02 Å². The Morgan fingerprint density at radius 1 is 1.08 bits per heavy atom. The van der Waals surface area contributed by atoms with Gasteiger partial charge in [-0.25, -0.2) is 4.79 Å². The summed E-state index contributed by atoms with van der Waals surface area (Å²) in [5.41, 5.74) is 2.84. The molecule has 3 nitrogen and oxygen atoms in total. The predicted octanol–water partition coefficient (Wildman–Crippen LogP) is 5.03. The molecule has 1 aliphatic carbocycles. The van der Waals surface area contributed by atoms with Gasteiger partial charge in [0.15, 0.2) is 0 Å². The molecule has 0 bridgehead atoms. The van der Waals surface area contributed by atoms with Gasteiger partial charge in [-0.15, -0.1) is 0 Å². The minimum atomic E-state index is -0.883. The number of carboxylic acids is 1. The van der Waals surface area contributed by atoms with E-state index in [9.17, 15) is 4.79 Å². The Bertz CT molecular complexity index is 721. The van der Waals surface area contributed by atoms with Gasteiger partial charge < -0.3 is 10.4 Å². The second kappa shape index (κ2) is 8.03. The van der Waals surface area contributed by atoms with Crippen molar-refractivity contribution in [2.45, 2.75) is 44.1 Å². The highest BCUT2D eigenvalue weighted by molar-refractivity contribution is 6.30. The predicted molar refractivity (Wildman–Crippen MR) is 101 cm³/mol. The first kappa shape index (κ1) is 18.0. The van der Waals surface area contributed by atoms with Crippen molar-refractivity contribution >= 4 is 17.6 Å². The number of hydrogen-bond acceptors (Lipinski definition) is 2. The maximum atomic E-state index is 11.1. The van der Waals surface area contributed by atoms with Crippen LogP contribution in [-0.4, -0.2) is 17.6 Å². The monoisotopic (exact) mass is 357 g/mol. The molecule has 0 radical (unpaired) electrons. The molecule has 1 aliphatic rings. The van der Waals surface area contributed by atoms with E-state index in [0.29, 0.717) is 12.1 Å². The highest BCUT2D eigenvalue weighted by Gasteiger charge is 2.33. The molecule has 0 aromatic heterocycles. The largest absolute Gasteiger partial charge is 0.478 e.